The maximum absolute atomic E-state index is 11.9. The van der Waals surface area contributed by atoms with Gasteiger partial charge in [-0.05, 0) is 42.5 Å². The van der Waals surface area contributed by atoms with E-state index in [-0.39, 0.29) is 11.7 Å². The fraction of sp³-hybridized carbons (Fsp3) is 0.118. The van der Waals surface area contributed by atoms with Gasteiger partial charge < -0.3 is 9.84 Å². The van der Waals surface area contributed by atoms with Crippen LogP contribution in [0.25, 0.3) is 0 Å². The van der Waals surface area contributed by atoms with Crippen LogP contribution in [-0.4, -0.2) is 35.6 Å². The van der Waals surface area contributed by atoms with Crippen molar-refractivity contribution in [3.05, 3.63) is 57.5 Å². The number of aliphatic carboxylic acids is 1. The summed E-state index contributed by atoms with van der Waals surface area (Å²) in [5.74, 6) is -0.809. The number of amides is 1. The molecule has 0 saturated carbocycles. The Morgan fingerprint density at radius 1 is 1.27 bits per heavy atom. The highest BCUT2D eigenvalue weighted by Gasteiger charge is 2.06. The monoisotopic (exact) mass is 456 g/mol. The van der Waals surface area contributed by atoms with E-state index >= 15 is 0 Å². The van der Waals surface area contributed by atoms with Crippen LogP contribution in [0.1, 0.15) is 5.56 Å². The molecule has 2 aromatic rings. The molecule has 6 nitrogen and oxygen atoms in total. The molecule has 0 bridgehead atoms. The van der Waals surface area contributed by atoms with Crippen molar-refractivity contribution >= 4 is 57.4 Å². The first-order chi connectivity index (χ1) is 12.4. The number of carbonyl (C=O) groups is 2. The van der Waals surface area contributed by atoms with E-state index in [0.29, 0.717) is 16.3 Å². The molecule has 0 spiro atoms. The van der Waals surface area contributed by atoms with Crippen molar-refractivity contribution < 1.29 is 19.4 Å². The number of thioether (sulfide) groups is 1. The third kappa shape index (κ3) is 7.07. The second-order valence-corrected chi connectivity index (χ2v) is 7.30. The van der Waals surface area contributed by atoms with E-state index in [9.17, 15) is 9.59 Å². The number of hydrogen-bond acceptors (Lipinski definition) is 5. The quantitative estimate of drug-likeness (QED) is 0.357. The van der Waals surface area contributed by atoms with Gasteiger partial charge >= 0.3 is 5.97 Å². The molecule has 0 atom stereocenters. The summed E-state index contributed by atoms with van der Waals surface area (Å²) in [6, 6.07) is 12.2. The van der Waals surface area contributed by atoms with Gasteiger partial charge in [-0.25, -0.2) is 10.2 Å². The van der Waals surface area contributed by atoms with Crippen LogP contribution in [0.15, 0.2) is 56.9 Å². The van der Waals surface area contributed by atoms with Gasteiger partial charge in [0.1, 0.15) is 5.75 Å². The molecule has 2 N–H and O–H groups in total. The summed E-state index contributed by atoms with van der Waals surface area (Å²) in [4.78, 5) is 23.4. The minimum Gasteiger partial charge on any atom is -0.481 e. The SMILES string of the molecule is O=C(O)COc1ccc(Br)cc1/C=N\NC(=O)CSc1ccc(Cl)cc1. The number of rotatable bonds is 8. The highest BCUT2D eigenvalue weighted by atomic mass is 79.9. The van der Waals surface area contributed by atoms with E-state index < -0.39 is 12.6 Å². The molecule has 0 radical (unpaired) electrons. The number of carboxylic acid groups (broad SMARTS) is 1. The Hall–Kier alpha value is -2.03. The van der Waals surface area contributed by atoms with E-state index in [1.807, 2.05) is 12.1 Å². The Morgan fingerprint density at radius 2 is 2.00 bits per heavy atom. The zero-order chi connectivity index (χ0) is 18.9. The third-order valence-corrected chi connectivity index (χ3v) is 4.66. The first-order valence-electron chi connectivity index (χ1n) is 7.28. The van der Waals surface area contributed by atoms with Crippen LogP contribution in [0.2, 0.25) is 5.02 Å². The number of nitrogens with one attached hydrogen (secondary N) is 1. The molecular weight excluding hydrogens is 444 g/mol. The van der Waals surface area contributed by atoms with Crippen LogP contribution >= 0.6 is 39.3 Å². The highest BCUT2D eigenvalue weighted by molar-refractivity contribution is 9.10. The van der Waals surface area contributed by atoms with Gasteiger partial charge in [-0.15, -0.1) is 11.8 Å². The molecule has 0 unspecified atom stereocenters. The van der Waals surface area contributed by atoms with Gasteiger partial charge in [0.2, 0.25) is 5.91 Å². The largest absolute Gasteiger partial charge is 0.481 e. The number of ether oxygens (including phenoxy) is 1. The number of benzene rings is 2. The number of carbonyl (C=O) groups excluding carboxylic acids is 1. The second-order valence-electron chi connectivity index (χ2n) is 4.90. The summed E-state index contributed by atoms with van der Waals surface area (Å²) >= 11 is 10.5. The summed E-state index contributed by atoms with van der Waals surface area (Å²) in [6.45, 7) is -0.466. The van der Waals surface area contributed by atoms with Gasteiger partial charge in [-0.1, -0.05) is 27.5 Å². The lowest BCUT2D eigenvalue weighted by atomic mass is 10.2. The molecule has 1 amide bonds. The Labute approximate surface area is 167 Å². The van der Waals surface area contributed by atoms with Crippen LogP contribution in [0.3, 0.4) is 0 Å². The van der Waals surface area contributed by atoms with Crippen LogP contribution in [-0.2, 0) is 9.59 Å². The molecule has 2 aromatic carbocycles. The molecule has 2 rings (SSSR count). The minimum absolute atomic E-state index is 0.194. The van der Waals surface area contributed by atoms with E-state index in [2.05, 4.69) is 26.5 Å². The molecule has 26 heavy (non-hydrogen) atoms. The maximum atomic E-state index is 11.9. The van der Waals surface area contributed by atoms with Gasteiger partial charge in [0.05, 0.1) is 12.0 Å². The number of nitrogens with zero attached hydrogens (tertiary/aromatic N) is 1. The van der Waals surface area contributed by atoms with E-state index in [1.54, 1.807) is 30.3 Å². The van der Waals surface area contributed by atoms with Crippen molar-refractivity contribution in [2.24, 2.45) is 5.10 Å². The molecule has 136 valence electrons. The summed E-state index contributed by atoms with van der Waals surface area (Å²) in [7, 11) is 0. The molecule has 0 fully saturated rings. The zero-order valence-electron chi connectivity index (χ0n) is 13.3. The Balaban J connectivity index is 1.90. The first-order valence-corrected chi connectivity index (χ1v) is 9.44. The lowest BCUT2D eigenvalue weighted by Crippen LogP contribution is -2.19. The second kappa shape index (κ2) is 10.2. The average molecular weight is 458 g/mol. The Bertz CT molecular complexity index is 815. The van der Waals surface area contributed by atoms with Gasteiger partial charge in [0, 0.05) is 20.0 Å². The standard InChI is InChI=1S/C17H14BrClN2O4S/c18-12-1-6-15(25-9-17(23)24)11(7-12)8-20-21-16(22)10-26-14-4-2-13(19)3-5-14/h1-8H,9-10H2,(H,21,22)(H,23,24)/b20-8-. The third-order valence-electron chi connectivity index (χ3n) is 2.90. The molecule has 0 heterocycles. The molecule has 0 aliphatic rings. The Morgan fingerprint density at radius 3 is 2.69 bits per heavy atom. The van der Waals surface area contributed by atoms with Crippen molar-refractivity contribution in [3.8, 4) is 5.75 Å². The van der Waals surface area contributed by atoms with E-state index in [4.69, 9.17) is 21.4 Å². The van der Waals surface area contributed by atoms with Gasteiger partial charge in [-0.3, -0.25) is 4.79 Å². The lowest BCUT2D eigenvalue weighted by molar-refractivity contribution is -0.139. The molecule has 0 saturated heterocycles. The molecule has 0 aromatic heterocycles. The van der Waals surface area contributed by atoms with Gasteiger partial charge in [0.15, 0.2) is 6.61 Å². The lowest BCUT2D eigenvalue weighted by Gasteiger charge is -2.07. The molecular formula is C17H14BrClN2O4S. The number of hydrazone groups is 1. The first kappa shape index (κ1) is 20.3. The summed E-state index contributed by atoms with van der Waals surface area (Å²) in [5, 5.41) is 13.2. The fourth-order valence-electron chi connectivity index (χ4n) is 1.78. The summed E-state index contributed by atoms with van der Waals surface area (Å²) in [5.41, 5.74) is 2.95. The number of carboxylic acids is 1. The van der Waals surface area contributed by atoms with Crippen molar-refractivity contribution in [1.29, 1.82) is 0 Å². The maximum Gasteiger partial charge on any atom is 0.341 e. The van der Waals surface area contributed by atoms with Crippen molar-refractivity contribution in [1.82, 2.24) is 5.43 Å². The van der Waals surface area contributed by atoms with E-state index in [1.165, 1.54) is 18.0 Å². The fourth-order valence-corrected chi connectivity index (χ4v) is 2.97. The molecule has 0 aliphatic heterocycles. The van der Waals surface area contributed by atoms with Crippen molar-refractivity contribution in [2.75, 3.05) is 12.4 Å². The normalized spacial score (nSPS) is 10.7. The predicted molar refractivity (Wildman–Crippen MR) is 105 cm³/mol. The zero-order valence-corrected chi connectivity index (χ0v) is 16.5. The molecule has 0 aliphatic carbocycles. The van der Waals surface area contributed by atoms with Crippen LogP contribution in [0, 0.1) is 0 Å². The van der Waals surface area contributed by atoms with Crippen LogP contribution < -0.4 is 10.2 Å². The number of halogens is 2. The Kier molecular flexibility index (Phi) is 7.96. The van der Waals surface area contributed by atoms with Crippen LogP contribution in [0.5, 0.6) is 5.75 Å². The highest BCUT2D eigenvalue weighted by Crippen LogP contribution is 2.22. The van der Waals surface area contributed by atoms with Gasteiger partial charge in [0.25, 0.3) is 0 Å². The predicted octanol–water partition coefficient (Wildman–Crippen LogP) is 3.81. The minimum atomic E-state index is -1.08. The summed E-state index contributed by atoms with van der Waals surface area (Å²) < 4.78 is 5.96. The number of hydrogen-bond donors (Lipinski definition) is 2. The smallest absolute Gasteiger partial charge is 0.341 e. The average Bonchev–Trinajstić information content (AvgIpc) is 2.60. The van der Waals surface area contributed by atoms with Crippen molar-refractivity contribution in [3.63, 3.8) is 0 Å². The summed E-state index contributed by atoms with van der Waals surface area (Å²) in [6.07, 6.45) is 1.40. The van der Waals surface area contributed by atoms with Crippen LogP contribution in [0.4, 0.5) is 0 Å². The topological polar surface area (TPSA) is 88.0 Å². The van der Waals surface area contributed by atoms with Crippen molar-refractivity contribution in [2.45, 2.75) is 4.90 Å². The van der Waals surface area contributed by atoms with E-state index in [0.717, 1.165) is 9.37 Å². The van der Waals surface area contributed by atoms with Gasteiger partial charge in [-0.2, -0.15) is 5.10 Å². The molecule has 9 heteroatoms.